The van der Waals surface area contributed by atoms with E-state index < -0.39 is 11.5 Å². The highest BCUT2D eigenvalue weighted by Crippen LogP contribution is 2.39. The number of rotatable bonds is 4. The van der Waals surface area contributed by atoms with Gasteiger partial charge in [0.05, 0.1) is 21.9 Å². The van der Waals surface area contributed by atoms with Gasteiger partial charge >= 0.3 is 5.97 Å². The van der Waals surface area contributed by atoms with E-state index >= 15 is 0 Å². The van der Waals surface area contributed by atoms with Crippen LogP contribution in [-0.2, 0) is 4.79 Å². The van der Waals surface area contributed by atoms with Crippen LogP contribution in [0.4, 0.5) is 0 Å². The summed E-state index contributed by atoms with van der Waals surface area (Å²) in [7, 11) is 0. The minimum Gasteiger partial charge on any atom is -0.480 e. The number of carboxylic acid groups (broad SMARTS) is 1. The van der Waals surface area contributed by atoms with Crippen molar-refractivity contribution < 1.29 is 9.90 Å². The van der Waals surface area contributed by atoms with Crippen molar-refractivity contribution in [2.75, 3.05) is 0 Å². The molecule has 2 N–H and O–H groups in total. The first-order valence-electron chi connectivity index (χ1n) is 6.99. The zero-order valence-electron chi connectivity index (χ0n) is 12.4. The lowest BCUT2D eigenvalue weighted by Gasteiger charge is -2.28. The van der Waals surface area contributed by atoms with Crippen LogP contribution in [-0.4, -0.2) is 32.4 Å². The maximum absolute atomic E-state index is 11.7. The molecule has 6 heteroatoms. The fraction of sp³-hybridized carbons (Fsp3) is 0.714. The Kier molecular flexibility index (Phi) is 4.25. The summed E-state index contributed by atoms with van der Waals surface area (Å²) in [6.07, 6.45) is 2.05. The van der Waals surface area contributed by atoms with Gasteiger partial charge in [-0.05, 0) is 62.9 Å². The van der Waals surface area contributed by atoms with Gasteiger partial charge in [0.15, 0.2) is 0 Å². The SMILES string of the molecule is Cc1nn(C2CCC(NC(C)C)(C(=O)O)C2)c(C)c1Br. The van der Waals surface area contributed by atoms with Crippen LogP contribution in [0, 0.1) is 13.8 Å². The Bertz CT molecular complexity index is 527. The van der Waals surface area contributed by atoms with E-state index in [0.29, 0.717) is 12.8 Å². The Balaban J connectivity index is 2.26. The number of hydrogen-bond acceptors (Lipinski definition) is 3. The molecule has 0 amide bonds. The third-order valence-electron chi connectivity index (χ3n) is 4.05. The Labute approximate surface area is 127 Å². The average Bonchev–Trinajstić information content (AvgIpc) is 2.87. The third-order valence-corrected chi connectivity index (χ3v) is 5.19. The first-order chi connectivity index (χ1) is 9.27. The van der Waals surface area contributed by atoms with Crippen LogP contribution >= 0.6 is 15.9 Å². The van der Waals surface area contributed by atoms with Crippen LogP contribution in [0.15, 0.2) is 4.47 Å². The van der Waals surface area contributed by atoms with Gasteiger partial charge in [0.25, 0.3) is 0 Å². The molecule has 1 aromatic heterocycles. The minimum atomic E-state index is -0.822. The molecule has 5 nitrogen and oxygen atoms in total. The van der Waals surface area contributed by atoms with Crippen molar-refractivity contribution in [3.05, 3.63) is 15.9 Å². The highest BCUT2D eigenvalue weighted by atomic mass is 79.9. The summed E-state index contributed by atoms with van der Waals surface area (Å²) in [5.74, 6) is -0.755. The summed E-state index contributed by atoms with van der Waals surface area (Å²) in [5, 5.41) is 17.4. The zero-order chi connectivity index (χ0) is 15.1. The zero-order valence-corrected chi connectivity index (χ0v) is 14.0. The van der Waals surface area contributed by atoms with Crippen LogP contribution in [0.2, 0.25) is 0 Å². The first-order valence-corrected chi connectivity index (χ1v) is 7.78. The molecular weight excluding hydrogens is 322 g/mol. The summed E-state index contributed by atoms with van der Waals surface area (Å²) < 4.78 is 2.99. The molecule has 1 fully saturated rings. The van der Waals surface area contributed by atoms with Crippen LogP contribution in [0.3, 0.4) is 0 Å². The third kappa shape index (κ3) is 2.63. The smallest absolute Gasteiger partial charge is 0.323 e. The van der Waals surface area contributed by atoms with E-state index in [1.165, 1.54) is 0 Å². The number of carbonyl (C=O) groups is 1. The molecule has 20 heavy (non-hydrogen) atoms. The van der Waals surface area contributed by atoms with E-state index in [2.05, 4.69) is 26.3 Å². The van der Waals surface area contributed by atoms with Gasteiger partial charge in [-0.2, -0.15) is 5.10 Å². The number of nitrogens with zero attached hydrogens (tertiary/aromatic N) is 2. The monoisotopic (exact) mass is 343 g/mol. The molecule has 0 radical (unpaired) electrons. The number of nitrogens with one attached hydrogen (secondary N) is 1. The maximum Gasteiger partial charge on any atom is 0.323 e. The van der Waals surface area contributed by atoms with Crippen molar-refractivity contribution in [1.29, 1.82) is 0 Å². The largest absolute Gasteiger partial charge is 0.480 e. The van der Waals surface area contributed by atoms with E-state index in [4.69, 9.17) is 0 Å². The number of aromatic nitrogens is 2. The summed E-state index contributed by atoms with van der Waals surface area (Å²) in [5.41, 5.74) is 1.20. The van der Waals surface area contributed by atoms with Crippen molar-refractivity contribution in [2.24, 2.45) is 0 Å². The molecule has 0 bridgehead atoms. The second-order valence-electron chi connectivity index (χ2n) is 6.01. The summed E-state index contributed by atoms with van der Waals surface area (Å²) in [6.45, 7) is 7.94. The molecule has 1 heterocycles. The maximum atomic E-state index is 11.7. The molecule has 0 aliphatic heterocycles. The number of hydrogen-bond donors (Lipinski definition) is 2. The Morgan fingerprint density at radius 2 is 2.20 bits per heavy atom. The van der Waals surface area contributed by atoms with Gasteiger partial charge in [-0.15, -0.1) is 0 Å². The van der Waals surface area contributed by atoms with E-state index in [0.717, 1.165) is 22.3 Å². The van der Waals surface area contributed by atoms with Crippen molar-refractivity contribution in [2.45, 2.75) is 64.6 Å². The predicted molar refractivity (Wildman–Crippen MR) is 80.9 cm³/mol. The van der Waals surface area contributed by atoms with Crippen LogP contribution < -0.4 is 5.32 Å². The molecule has 1 saturated carbocycles. The van der Waals surface area contributed by atoms with Crippen molar-refractivity contribution >= 4 is 21.9 Å². The quantitative estimate of drug-likeness (QED) is 0.881. The lowest BCUT2D eigenvalue weighted by molar-refractivity contribution is -0.145. The Hall–Kier alpha value is -0.880. The minimum absolute atomic E-state index is 0.141. The van der Waals surface area contributed by atoms with E-state index in [1.807, 2.05) is 32.4 Å². The van der Waals surface area contributed by atoms with E-state index in [1.54, 1.807) is 0 Å². The molecule has 2 unspecified atom stereocenters. The molecule has 1 aliphatic carbocycles. The van der Waals surface area contributed by atoms with Crippen LogP contribution in [0.5, 0.6) is 0 Å². The number of aryl methyl sites for hydroxylation is 1. The summed E-state index contributed by atoms with van der Waals surface area (Å²) in [6, 6.07) is 0.291. The first kappa shape index (κ1) is 15.5. The molecule has 2 rings (SSSR count). The topological polar surface area (TPSA) is 67.2 Å². The van der Waals surface area contributed by atoms with Gasteiger partial charge in [0.1, 0.15) is 5.54 Å². The highest BCUT2D eigenvalue weighted by Gasteiger charge is 2.46. The average molecular weight is 344 g/mol. The lowest BCUT2D eigenvalue weighted by Crippen LogP contribution is -2.53. The standard InChI is InChI=1S/C14H22BrN3O2/c1-8(2)16-14(13(19)20)6-5-11(7-14)18-10(4)12(15)9(3)17-18/h8,11,16H,5-7H2,1-4H3,(H,19,20). The fourth-order valence-corrected chi connectivity index (χ4v) is 3.43. The van der Waals surface area contributed by atoms with Crippen molar-refractivity contribution in [3.63, 3.8) is 0 Å². The highest BCUT2D eigenvalue weighted by molar-refractivity contribution is 9.10. The number of carboxylic acids is 1. The summed E-state index contributed by atoms with van der Waals surface area (Å²) >= 11 is 3.53. The molecular formula is C14H22BrN3O2. The lowest BCUT2D eigenvalue weighted by atomic mass is 9.96. The van der Waals surface area contributed by atoms with Crippen molar-refractivity contribution in [1.82, 2.24) is 15.1 Å². The number of aliphatic carboxylic acids is 1. The van der Waals surface area contributed by atoms with Gasteiger partial charge in [-0.1, -0.05) is 0 Å². The second kappa shape index (κ2) is 5.48. The molecule has 1 aromatic rings. The fourth-order valence-electron chi connectivity index (χ4n) is 3.17. The number of halogens is 1. The molecule has 1 aliphatic rings. The van der Waals surface area contributed by atoms with Gasteiger partial charge in [0, 0.05) is 6.04 Å². The van der Waals surface area contributed by atoms with E-state index in [-0.39, 0.29) is 12.1 Å². The van der Waals surface area contributed by atoms with Gasteiger partial charge < -0.3 is 5.11 Å². The molecule has 0 spiro atoms. The van der Waals surface area contributed by atoms with Gasteiger partial charge in [-0.25, -0.2) is 0 Å². The Morgan fingerprint density at radius 1 is 1.55 bits per heavy atom. The normalized spacial score (nSPS) is 26.4. The molecule has 0 saturated heterocycles. The Morgan fingerprint density at radius 3 is 2.65 bits per heavy atom. The predicted octanol–water partition coefficient (Wildman–Crippen LogP) is 2.81. The van der Waals surface area contributed by atoms with Gasteiger partial charge in [0.2, 0.25) is 0 Å². The van der Waals surface area contributed by atoms with Crippen LogP contribution in [0.1, 0.15) is 50.5 Å². The second-order valence-corrected chi connectivity index (χ2v) is 6.81. The van der Waals surface area contributed by atoms with Crippen molar-refractivity contribution in [3.8, 4) is 0 Å². The summed E-state index contributed by atoms with van der Waals surface area (Å²) in [4.78, 5) is 11.7. The van der Waals surface area contributed by atoms with E-state index in [9.17, 15) is 9.90 Å². The van der Waals surface area contributed by atoms with Crippen LogP contribution in [0.25, 0.3) is 0 Å². The molecule has 0 aromatic carbocycles. The molecule has 112 valence electrons. The van der Waals surface area contributed by atoms with Gasteiger partial charge in [-0.3, -0.25) is 14.8 Å². The molecule has 2 atom stereocenters.